The number of rotatable bonds is 7. The van der Waals surface area contributed by atoms with Crippen LogP contribution in [0.5, 0.6) is 11.5 Å². The maximum absolute atomic E-state index is 12.5. The molecule has 138 valence electrons. The Kier molecular flexibility index (Phi) is 6.00. The molecule has 2 N–H and O–H groups in total. The van der Waals surface area contributed by atoms with E-state index in [4.69, 9.17) is 9.47 Å². The molecule has 1 fully saturated rings. The number of ether oxygens (including phenoxy) is 2. The highest BCUT2D eigenvalue weighted by Crippen LogP contribution is 2.26. The first-order valence-corrected chi connectivity index (χ1v) is 9.13. The highest BCUT2D eigenvalue weighted by molar-refractivity contribution is 5.97. The van der Waals surface area contributed by atoms with Crippen molar-refractivity contribution in [3.63, 3.8) is 0 Å². The van der Waals surface area contributed by atoms with Gasteiger partial charge in [-0.3, -0.25) is 4.79 Å². The molecule has 3 rings (SSSR count). The van der Waals surface area contributed by atoms with Crippen molar-refractivity contribution < 1.29 is 14.3 Å². The van der Waals surface area contributed by atoms with Crippen molar-refractivity contribution in [2.75, 3.05) is 17.7 Å². The van der Waals surface area contributed by atoms with Gasteiger partial charge in [-0.15, -0.1) is 0 Å². The van der Waals surface area contributed by atoms with Gasteiger partial charge in [0.2, 0.25) is 5.91 Å². The van der Waals surface area contributed by atoms with Crippen LogP contribution in [0.15, 0.2) is 48.5 Å². The second-order valence-corrected chi connectivity index (χ2v) is 6.61. The van der Waals surface area contributed by atoms with Gasteiger partial charge in [0, 0.05) is 11.8 Å². The van der Waals surface area contributed by atoms with Crippen LogP contribution in [0.4, 0.5) is 11.4 Å². The van der Waals surface area contributed by atoms with Gasteiger partial charge in [0.1, 0.15) is 17.5 Å². The summed E-state index contributed by atoms with van der Waals surface area (Å²) in [6.45, 7) is 1.83. The summed E-state index contributed by atoms with van der Waals surface area (Å²) in [5.74, 6) is 1.36. The number of nitrogens with one attached hydrogen (secondary N) is 2. The van der Waals surface area contributed by atoms with E-state index in [2.05, 4.69) is 10.6 Å². The molecule has 0 spiro atoms. The lowest BCUT2D eigenvalue weighted by Crippen LogP contribution is -2.32. The largest absolute Gasteiger partial charge is 0.495 e. The van der Waals surface area contributed by atoms with E-state index in [-0.39, 0.29) is 5.91 Å². The van der Waals surface area contributed by atoms with Gasteiger partial charge in [-0.25, -0.2) is 0 Å². The van der Waals surface area contributed by atoms with Crippen molar-refractivity contribution in [3.05, 3.63) is 48.5 Å². The Morgan fingerprint density at radius 1 is 1.12 bits per heavy atom. The average molecular weight is 354 g/mol. The normalized spacial score (nSPS) is 15.3. The number of hydrogen-bond acceptors (Lipinski definition) is 4. The van der Waals surface area contributed by atoms with Crippen LogP contribution in [0, 0.1) is 0 Å². The summed E-state index contributed by atoms with van der Waals surface area (Å²) >= 11 is 0. The lowest BCUT2D eigenvalue weighted by atomic mass is 10.2. The summed E-state index contributed by atoms with van der Waals surface area (Å²) in [5, 5.41) is 6.13. The SMILES string of the molecule is COc1ccccc1NC(=O)C(C)Nc1cccc(OC2CCCC2)c1. The Morgan fingerprint density at radius 2 is 1.88 bits per heavy atom. The van der Waals surface area contributed by atoms with E-state index < -0.39 is 6.04 Å². The molecule has 2 aromatic carbocycles. The number of para-hydroxylation sites is 2. The average Bonchev–Trinajstić information content (AvgIpc) is 3.15. The van der Waals surface area contributed by atoms with E-state index in [1.54, 1.807) is 7.11 Å². The van der Waals surface area contributed by atoms with Crippen molar-refractivity contribution in [2.45, 2.75) is 44.8 Å². The van der Waals surface area contributed by atoms with Gasteiger partial charge >= 0.3 is 0 Å². The number of carbonyl (C=O) groups excluding carboxylic acids is 1. The standard InChI is InChI=1S/C21H26N2O3/c1-15(21(24)23-19-12-5-6-13-20(19)25-2)22-16-8-7-11-18(14-16)26-17-9-3-4-10-17/h5-8,11-15,17,22H,3-4,9-10H2,1-2H3,(H,23,24). The summed E-state index contributed by atoms with van der Waals surface area (Å²) in [4.78, 5) is 12.5. The first-order chi connectivity index (χ1) is 12.7. The molecule has 1 unspecified atom stereocenters. The molecule has 0 aliphatic heterocycles. The number of methoxy groups -OCH3 is 1. The second kappa shape index (κ2) is 8.61. The second-order valence-electron chi connectivity index (χ2n) is 6.61. The molecular formula is C21H26N2O3. The Labute approximate surface area is 154 Å². The fourth-order valence-electron chi connectivity index (χ4n) is 3.16. The first-order valence-electron chi connectivity index (χ1n) is 9.13. The Morgan fingerprint density at radius 3 is 2.65 bits per heavy atom. The van der Waals surface area contributed by atoms with E-state index in [9.17, 15) is 4.79 Å². The van der Waals surface area contributed by atoms with Crippen molar-refractivity contribution in [1.29, 1.82) is 0 Å². The predicted molar refractivity (Wildman–Crippen MR) is 104 cm³/mol. The van der Waals surface area contributed by atoms with Crippen LogP contribution in [0.1, 0.15) is 32.6 Å². The Bertz CT molecular complexity index is 742. The molecule has 0 heterocycles. The molecule has 0 bridgehead atoms. The fourth-order valence-corrected chi connectivity index (χ4v) is 3.16. The van der Waals surface area contributed by atoms with Crippen LogP contribution < -0.4 is 20.1 Å². The number of carbonyl (C=O) groups is 1. The monoisotopic (exact) mass is 354 g/mol. The minimum atomic E-state index is -0.401. The maximum Gasteiger partial charge on any atom is 0.246 e. The molecule has 5 heteroatoms. The van der Waals surface area contributed by atoms with Gasteiger partial charge in [0.05, 0.1) is 18.9 Å². The van der Waals surface area contributed by atoms with Gasteiger partial charge in [-0.05, 0) is 56.9 Å². The third kappa shape index (κ3) is 4.69. The van der Waals surface area contributed by atoms with Gasteiger partial charge in [-0.2, -0.15) is 0 Å². The minimum absolute atomic E-state index is 0.128. The van der Waals surface area contributed by atoms with Crippen molar-refractivity contribution in [3.8, 4) is 11.5 Å². The number of benzene rings is 2. The Hall–Kier alpha value is -2.69. The summed E-state index contributed by atoms with van der Waals surface area (Å²) < 4.78 is 11.3. The predicted octanol–water partition coefficient (Wildman–Crippen LogP) is 4.46. The van der Waals surface area contributed by atoms with E-state index >= 15 is 0 Å². The van der Waals surface area contributed by atoms with E-state index in [0.29, 0.717) is 17.5 Å². The lowest BCUT2D eigenvalue weighted by Gasteiger charge is -2.18. The van der Waals surface area contributed by atoms with Crippen LogP contribution in [0.2, 0.25) is 0 Å². The van der Waals surface area contributed by atoms with E-state index in [1.807, 2.05) is 55.5 Å². The van der Waals surface area contributed by atoms with Gasteiger partial charge in [-0.1, -0.05) is 18.2 Å². The molecule has 1 saturated carbocycles. The van der Waals surface area contributed by atoms with Crippen LogP contribution in [0.25, 0.3) is 0 Å². The summed E-state index contributed by atoms with van der Waals surface area (Å²) in [6.07, 6.45) is 5.03. The van der Waals surface area contributed by atoms with Gasteiger partial charge < -0.3 is 20.1 Å². The first kappa shape index (κ1) is 18.1. The van der Waals surface area contributed by atoms with Crippen LogP contribution in [-0.2, 0) is 4.79 Å². The van der Waals surface area contributed by atoms with Gasteiger partial charge in [0.15, 0.2) is 0 Å². The van der Waals surface area contributed by atoms with E-state index in [1.165, 1.54) is 12.8 Å². The van der Waals surface area contributed by atoms with Crippen LogP contribution in [0.3, 0.4) is 0 Å². The molecule has 5 nitrogen and oxygen atoms in total. The summed E-state index contributed by atoms with van der Waals surface area (Å²) in [5.41, 5.74) is 1.52. The van der Waals surface area contributed by atoms with E-state index in [0.717, 1.165) is 24.3 Å². The fraction of sp³-hybridized carbons (Fsp3) is 0.381. The van der Waals surface area contributed by atoms with Crippen molar-refractivity contribution >= 4 is 17.3 Å². The zero-order valence-corrected chi connectivity index (χ0v) is 15.3. The topological polar surface area (TPSA) is 59.6 Å². The molecule has 2 aromatic rings. The zero-order valence-electron chi connectivity index (χ0n) is 15.3. The summed E-state index contributed by atoms with van der Waals surface area (Å²) in [7, 11) is 1.59. The lowest BCUT2D eigenvalue weighted by molar-refractivity contribution is -0.116. The molecule has 0 aromatic heterocycles. The minimum Gasteiger partial charge on any atom is -0.495 e. The van der Waals surface area contributed by atoms with Crippen LogP contribution >= 0.6 is 0 Å². The van der Waals surface area contributed by atoms with Gasteiger partial charge in [0.25, 0.3) is 0 Å². The number of amides is 1. The molecule has 1 amide bonds. The molecule has 0 radical (unpaired) electrons. The highest BCUT2D eigenvalue weighted by Gasteiger charge is 2.17. The highest BCUT2D eigenvalue weighted by atomic mass is 16.5. The molecule has 1 aliphatic carbocycles. The molecule has 26 heavy (non-hydrogen) atoms. The van der Waals surface area contributed by atoms with Crippen molar-refractivity contribution in [2.24, 2.45) is 0 Å². The van der Waals surface area contributed by atoms with Crippen molar-refractivity contribution in [1.82, 2.24) is 0 Å². The third-order valence-corrected chi connectivity index (χ3v) is 4.58. The quantitative estimate of drug-likeness (QED) is 0.771. The molecule has 1 aliphatic rings. The molecular weight excluding hydrogens is 328 g/mol. The smallest absolute Gasteiger partial charge is 0.246 e. The number of anilines is 2. The number of hydrogen-bond donors (Lipinski definition) is 2. The van der Waals surface area contributed by atoms with Crippen LogP contribution in [-0.4, -0.2) is 25.2 Å². The maximum atomic E-state index is 12.5. The third-order valence-electron chi connectivity index (χ3n) is 4.58. The Balaban J connectivity index is 1.60. The zero-order chi connectivity index (χ0) is 18.4. The summed E-state index contributed by atoms with van der Waals surface area (Å²) in [6, 6.07) is 14.8. The molecule has 1 atom stereocenters. The molecule has 0 saturated heterocycles.